The number of imide groups is 1. The molecule has 0 aromatic carbocycles. The SMILES string of the molecule is CCC1CCC2(CC1)NC(=O)N(CC(=O)N[C@H]1CCC[C@H]1CO)C2=O. The second-order valence-electron chi connectivity index (χ2n) is 7.80. The number of urea groups is 1. The molecule has 25 heavy (non-hydrogen) atoms. The molecule has 0 bridgehead atoms. The number of hydrogen-bond acceptors (Lipinski definition) is 4. The Morgan fingerprint density at radius 1 is 1.28 bits per heavy atom. The van der Waals surface area contributed by atoms with Crippen LogP contribution in [0.5, 0.6) is 0 Å². The highest BCUT2D eigenvalue weighted by molar-refractivity contribution is 6.09. The molecule has 0 unspecified atom stereocenters. The Labute approximate surface area is 148 Å². The normalized spacial score (nSPS) is 35.3. The summed E-state index contributed by atoms with van der Waals surface area (Å²) < 4.78 is 0. The standard InChI is InChI=1S/C18H29N3O4/c1-2-12-6-8-18(9-7-12)16(24)21(17(25)20-18)10-15(23)19-14-5-3-4-13(14)11-22/h12-14,22H,2-11H2,1H3,(H,19,23)(H,20,25)/t12?,13-,14-,18?/m0/s1. The molecule has 0 radical (unpaired) electrons. The van der Waals surface area contributed by atoms with Crippen LogP contribution in [0, 0.1) is 11.8 Å². The zero-order valence-electron chi connectivity index (χ0n) is 14.9. The summed E-state index contributed by atoms with van der Waals surface area (Å²) in [6.45, 7) is 1.96. The smallest absolute Gasteiger partial charge is 0.325 e. The first-order chi connectivity index (χ1) is 12.0. The number of aliphatic hydroxyl groups is 1. The Hall–Kier alpha value is -1.63. The van der Waals surface area contributed by atoms with Crippen LogP contribution in [0.25, 0.3) is 0 Å². The zero-order chi connectivity index (χ0) is 18.0. The van der Waals surface area contributed by atoms with E-state index in [0.29, 0.717) is 18.8 Å². The van der Waals surface area contributed by atoms with E-state index in [4.69, 9.17) is 0 Å². The lowest BCUT2D eigenvalue weighted by Gasteiger charge is -2.34. The Morgan fingerprint density at radius 3 is 2.64 bits per heavy atom. The van der Waals surface area contributed by atoms with Gasteiger partial charge in [0.25, 0.3) is 5.91 Å². The first-order valence-corrected chi connectivity index (χ1v) is 9.53. The molecule has 3 aliphatic rings. The molecular weight excluding hydrogens is 322 g/mol. The molecule has 3 fully saturated rings. The Morgan fingerprint density at radius 2 is 2.00 bits per heavy atom. The van der Waals surface area contributed by atoms with Crippen molar-refractivity contribution in [2.24, 2.45) is 11.8 Å². The number of carbonyl (C=O) groups is 3. The van der Waals surface area contributed by atoms with Crippen LogP contribution in [0.1, 0.15) is 58.3 Å². The lowest BCUT2D eigenvalue weighted by molar-refractivity contribution is -0.136. The summed E-state index contributed by atoms with van der Waals surface area (Å²) >= 11 is 0. The third-order valence-corrected chi connectivity index (χ3v) is 6.32. The van der Waals surface area contributed by atoms with Gasteiger partial charge in [0.2, 0.25) is 5.91 Å². The van der Waals surface area contributed by atoms with Crippen molar-refractivity contribution in [1.82, 2.24) is 15.5 Å². The van der Waals surface area contributed by atoms with Crippen LogP contribution in [0.3, 0.4) is 0 Å². The molecular formula is C18H29N3O4. The second kappa shape index (κ2) is 7.32. The van der Waals surface area contributed by atoms with Gasteiger partial charge in [-0.15, -0.1) is 0 Å². The molecule has 0 aromatic heterocycles. The molecule has 3 rings (SSSR count). The van der Waals surface area contributed by atoms with Crippen LogP contribution < -0.4 is 10.6 Å². The van der Waals surface area contributed by atoms with E-state index >= 15 is 0 Å². The fourth-order valence-corrected chi connectivity index (χ4v) is 4.58. The minimum atomic E-state index is -0.802. The van der Waals surface area contributed by atoms with Crippen LogP contribution in [-0.2, 0) is 9.59 Å². The van der Waals surface area contributed by atoms with Gasteiger partial charge in [-0.25, -0.2) is 4.79 Å². The fourth-order valence-electron chi connectivity index (χ4n) is 4.58. The highest BCUT2D eigenvalue weighted by atomic mass is 16.3. The van der Waals surface area contributed by atoms with Crippen LogP contribution in [0.4, 0.5) is 4.79 Å². The third-order valence-electron chi connectivity index (χ3n) is 6.32. The molecule has 7 nitrogen and oxygen atoms in total. The van der Waals surface area contributed by atoms with Gasteiger partial charge in [-0.05, 0) is 44.4 Å². The number of nitrogens with one attached hydrogen (secondary N) is 2. The number of aliphatic hydroxyl groups excluding tert-OH is 1. The fraction of sp³-hybridized carbons (Fsp3) is 0.833. The third kappa shape index (κ3) is 3.52. The molecule has 1 spiro atoms. The lowest BCUT2D eigenvalue weighted by atomic mass is 9.75. The summed E-state index contributed by atoms with van der Waals surface area (Å²) in [7, 11) is 0. The number of amides is 4. The summed E-state index contributed by atoms with van der Waals surface area (Å²) in [4.78, 5) is 38.5. The molecule has 2 aliphatic carbocycles. The van der Waals surface area contributed by atoms with E-state index < -0.39 is 11.6 Å². The van der Waals surface area contributed by atoms with E-state index in [1.807, 2.05) is 0 Å². The van der Waals surface area contributed by atoms with E-state index in [1.165, 1.54) is 0 Å². The maximum atomic E-state index is 12.8. The monoisotopic (exact) mass is 351 g/mol. The summed E-state index contributed by atoms with van der Waals surface area (Å²) in [6.07, 6.45) is 6.98. The van der Waals surface area contributed by atoms with Crippen molar-refractivity contribution in [2.45, 2.75) is 69.9 Å². The number of hydrogen-bond donors (Lipinski definition) is 3. The maximum Gasteiger partial charge on any atom is 0.325 e. The quantitative estimate of drug-likeness (QED) is 0.647. The first-order valence-electron chi connectivity index (χ1n) is 9.53. The van der Waals surface area contributed by atoms with Crippen molar-refractivity contribution in [3.8, 4) is 0 Å². The first kappa shape index (κ1) is 18.2. The summed E-state index contributed by atoms with van der Waals surface area (Å²) in [6, 6.07) is -0.521. The molecule has 2 saturated carbocycles. The summed E-state index contributed by atoms with van der Waals surface area (Å²) in [5.74, 6) is 0.105. The topological polar surface area (TPSA) is 98.7 Å². The van der Waals surface area contributed by atoms with Gasteiger partial charge >= 0.3 is 6.03 Å². The van der Waals surface area contributed by atoms with E-state index in [0.717, 1.165) is 43.4 Å². The Balaban J connectivity index is 1.58. The molecule has 1 heterocycles. The van der Waals surface area contributed by atoms with Crippen molar-refractivity contribution < 1.29 is 19.5 Å². The summed E-state index contributed by atoms with van der Waals surface area (Å²) in [5, 5.41) is 15.1. The molecule has 140 valence electrons. The molecule has 3 N–H and O–H groups in total. The molecule has 4 amide bonds. The number of carbonyl (C=O) groups excluding carboxylic acids is 3. The van der Waals surface area contributed by atoms with Gasteiger partial charge < -0.3 is 15.7 Å². The minimum Gasteiger partial charge on any atom is -0.396 e. The van der Waals surface area contributed by atoms with Crippen molar-refractivity contribution in [1.29, 1.82) is 0 Å². The van der Waals surface area contributed by atoms with Gasteiger partial charge in [0.1, 0.15) is 12.1 Å². The van der Waals surface area contributed by atoms with Crippen molar-refractivity contribution in [2.75, 3.05) is 13.2 Å². The van der Waals surface area contributed by atoms with Crippen LogP contribution >= 0.6 is 0 Å². The maximum absolute atomic E-state index is 12.8. The van der Waals surface area contributed by atoms with E-state index in [9.17, 15) is 19.5 Å². The predicted octanol–water partition coefficient (Wildman–Crippen LogP) is 1.15. The number of nitrogens with zero attached hydrogens (tertiary/aromatic N) is 1. The van der Waals surface area contributed by atoms with Crippen molar-refractivity contribution in [3.63, 3.8) is 0 Å². The number of rotatable bonds is 5. The Kier molecular flexibility index (Phi) is 5.32. The molecule has 7 heteroatoms. The van der Waals surface area contributed by atoms with Gasteiger partial charge in [0, 0.05) is 18.6 Å². The van der Waals surface area contributed by atoms with E-state index in [1.54, 1.807) is 0 Å². The van der Waals surface area contributed by atoms with E-state index in [2.05, 4.69) is 17.6 Å². The van der Waals surface area contributed by atoms with Gasteiger partial charge in [-0.1, -0.05) is 19.8 Å². The lowest BCUT2D eigenvalue weighted by Crippen LogP contribution is -2.50. The average Bonchev–Trinajstić information content (AvgIpc) is 3.14. The molecule has 1 saturated heterocycles. The molecule has 0 aromatic rings. The largest absolute Gasteiger partial charge is 0.396 e. The summed E-state index contributed by atoms with van der Waals surface area (Å²) in [5.41, 5.74) is -0.802. The van der Waals surface area contributed by atoms with Gasteiger partial charge in [-0.3, -0.25) is 14.5 Å². The van der Waals surface area contributed by atoms with Crippen LogP contribution in [0.2, 0.25) is 0 Å². The average molecular weight is 351 g/mol. The molecule has 2 atom stereocenters. The van der Waals surface area contributed by atoms with Crippen molar-refractivity contribution in [3.05, 3.63) is 0 Å². The minimum absolute atomic E-state index is 0.0514. The zero-order valence-corrected chi connectivity index (χ0v) is 14.9. The van der Waals surface area contributed by atoms with E-state index in [-0.39, 0.29) is 36.9 Å². The second-order valence-corrected chi connectivity index (χ2v) is 7.80. The Bertz CT molecular complexity index is 542. The van der Waals surface area contributed by atoms with Gasteiger partial charge in [0.05, 0.1) is 0 Å². The van der Waals surface area contributed by atoms with Crippen LogP contribution in [-0.4, -0.2) is 52.6 Å². The predicted molar refractivity (Wildman–Crippen MR) is 91.6 cm³/mol. The highest BCUT2D eigenvalue weighted by Gasteiger charge is 2.52. The van der Waals surface area contributed by atoms with Crippen molar-refractivity contribution >= 4 is 17.8 Å². The van der Waals surface area contributed by atoms with Gasteiger partial charge in [0.15, 0.2) is 0 Å². The van der Waals surface area contributed by atoms with Crippen LogP contribution in [0.15, 0.2) is 0 Å². The molecule has 1 aliphatic heterocycles. The van der Waals surface area contributed by atoms with Gasteiger partial charge in [-0.2, -0.15) is 0 Å². The highest BCUT2D eigenvalue weighted by Crippen LogP contribution is 2.37.